The molecule has 1 aromatic heterocycles. The summed E-state index contributed by atoms with van der Waals surface area (Å²) in [6.45, 7) is 0. The minimum Gasteiger partial charge on any atom is -0.228 e. The van der Waals surface area contributed by atoms with Crippen LogP contribution in [0.4, 0.5) is 4.39 Å². The zero-order chi connectivity index (χ0) is 5.11. The highest BCUT2D eigenvalue weighted by Gasteiger charge is 1.78. The van der Waals surface area contributed by atoms with Crippen LogP contribution in [0.15, 0.2) is 24.4 Å². The van der Waals surface area contributed by atoms with Gasteiger partial charge in [-0.2, -0.15) is 17.9 Å². The molecule has 0 fully saturated rings. The summed E-state index contributed by atoms with van der Waals surface area (Å²) in [4.78, 5) is 3.31. The first-order valence-electron chi connectivity index (χ1n) is 1.96. The largest absolute Gasteiger partial charge is 0.228 e. The monoisotopic (exact) mass is 131 g/mol. The topological polar surface area (TPSA) is 12.9 Å². The molecule has 3 heteroatoms. The smallest absolute Gasteiger partial charge is 0.212 e. The van der Waals surface area contributed by atoms with Gasteiger partial charge in [-0.05, 0) is 12.1 Å². The van der Waals surface area contributed by atoms with Gasteiger partial charge in [0.25, 0.3) is 0 Å². The zero-order valence-electron chi connectivity index (χ0n) is 4.13. The van der Waals surface area contributed by atoms with Crippen molar-refractivity contribution in [2.24, 2.45) is 0 Å². The summed E-state index contributed by atoms with van der Waals surface area (Å²) in [5.41, 5.74) is 0. The molecule has 1 aromatic rings. The molecule has 0 unspecified atom stereocenters. The summed E-state index contributed by atoms with van der Waals surface area (Å²) < 4.78 is 11.8. The number of pyridine rings is 1. The summed E-state index contributed by atoms with van der Waals surface area (Å²) >= 11 is 0. The van der Waals surface area contributed by atoms with Crippen molar-refractivity contribution < 1.29 is 4.39 Å². The van der Waals surface area contributed by atoms with Crippen molar-refractivity contribution in [2.45, 2.75) is 0 Å². The SMILES string of the molecule is Fc1ccccn1.S. The number of rotatable bonds is 0. The van der Waals surface area contributed by atoms with Crippen LogP contribution in [0.3, 0.4) is 0 Å². The van der Waals surface area contributed by atoms with Gasteiger partial charge in [0.2, 0.25) is 5.95 Å². The Morgan fingerprint density at radius 2 is 2.12 bits per heavy atom. The van der Waals surface area contributed by atoms with Crippen LogP contribution in [0.5, 0.6) is 0 Å². The predicted molar refractivity (Wildman–Crippen MR) is 34.6 cm³/mol. The highest BCUT2D eigenvalue weighted by atomic mass is 32.1. The third-order valence-electron chi connectivity index (χ3n) is 0.629. The Morgan fingerprint density at radius 3 is 2.38 bits per heavy atom. The van der Waals surface area contributed by atoms with Gasteiger partial charge in [0.1, 0.15) is 0 Å². The molecule has 0 aromatic carbocycles. The maximum absolute atomic E-state index is 11.8. The molecule has 0 saturated carbocycles. The summed E-state index contributed by atoms with van der Waals surface area (Å²) in [7, 11) is 0. The van der Waals surface area contributed by atoms with E-state index in [0.717, 1.165) is 0 Å². The van der Waals surface area contributed by atoms with Crippen LogP contribution >= 0.6 is 13.5 Å². The molecule has 0 bridgehead atoms. The molecule has 0 radical (unpaired) electrons. The normalized spacial score (nSPS) is 7.62. The maximum Gasteiger partial charge on any atom is 0.212 e. The first-order valence-corrected chi connectivity index (χ1v) is 1.96. The standard InChI is InChI=1S/C5H4FN.H2S/c6-5-3-1-2-4-7-5;/h1-4H;1H2. The van der Waals surface area contributed by atoms with Crippen LogP contribution in [0.1, 0.15) is 0 Å². The molecule has 0 spiro atoms. The lowest BCUT2D eigenvalue weighted by atomic mass is 10.5. The van der Waals surface area contributed by atoms with Gasteiger partial charge < -0.3 is 0 Å². The van der Waals surface area contributed by atoms with Crippen LogP contribution < -0.4 is 0 Å². The second-order valence-corrected chi connectivity index (χ2v) is 1.15. The lowest BCUT2D eigenvalue weighted by molar-refractivity contribution is 0.584. The van der Waals surface area contributed by atoms with E-state index >= 15 is 0 Å². The van der Waals surface area contributed by atoms with Crippen molar-refractivity contribution in [3.8, 4) is 0 Å². The molecular weight excluding hydrogens is 125 g/mol. The van der Waals surface area contributed by atoms with Gasteiger partial charge in [-0.3, -0.25) is 0 Å². The van der Waals surface area contributed by atoms with Crippen molar-refractivity contribution in [1.82, 2.24) is 4.98 Å². The van der Waals surface area contributed by atoms with Crippen molar-refractivity contribution >= 4 is 13.5 Å². The highest BCUT2D eigenvalue weighted by Crippen LogP contribution is 1.85. The van der Waals surface area contributed by atoms with Crippen LogP contribution in [0, 0.1) is 5.95 Å². The third-order valence-corrected chi connectivity index (χ3v) is 0.629. The maximum atomic E-state index is 11.8. The van der Waals surface area contributed by atoms with Crippen molar-refractivity contribution in [1.29, 1.82) is 0 Å². The molecule has 1 nitrogen and oxygen atoms in total. The molecule has 0 N–H and O–H groups in total. The number of aromatic nitrogens is 1. The molecule has 0 aliphatic rings. The molecule has 0 aliphatic heterocycles. The predicted octanol–water partition coefficient (Wildman–Crippen LogP) is 1.33. The Hall–Kier alpha value is -0.570. The molecule has 0 aliphatic carbocycles. The van der Waals surface area contributed by atoms with Crippen LogP contribution in [0.2, 0.25) is 0 Å². The summed E-state index contributed by atoms with van der Waals surface area (Å²) in [5, 5.41) is 0. The summed E-state index contributed by atoms with van der Waals surface area (Å²) in [6.07, 6.45) is 1.41. The number of hydrogen-bond acceptors (Lipinski definition) is 1. The molecule has 1 rings (SSSR count). The Labute approximate surface area is 54.0 Å². The molecule has 0 saturated heterocycles. The molecule has 0 atom stereocenters. The summed E-state index contributed by atoms with van der Waals surface area (Å²) in [6, 6.07) is 4.57. The minimum atomic E-state index is -0.428. The fourth-order valence-corrected chi connectivity index (χ4v) is 0.342. The molecule has 0 amide bonds. The van der Waals surface area contributed by atoms with Gasteiger partial charge >= 0.3 is 0 Å². The van der Waals surface area contributed by atoms with E-state index in [2.05, 4.69) is 4.98 Å². The zero-order valence-corrected chi connectivity index (χ0v) is 5.13. The first-order chi connectivity index (χ1) is 3.39. The molecule has 8 heavy (non-hydrogen) atoms. The van der Waals surface area contributed by atoms with E-state index in [1.165, 1.54) is 12.3 Å². The van der Waals surface area contributed by atoms with E-state index in [-0.39, 0.29) is 13.5 Å². The Kier molecular flexibility index (Phi) is 3.19. The molecule has 1 heterocycles. The van der Waals surface area contributed by atoms with E-state index in [1.807, 2.05) is 0 Å². The van der Waals surface area contributed by atoms with Gasteiger partial charge in [0.15, 0.2) is 0 Å². The van der Waals surface area contributed by atoms with Crippen LogP contribution in [0.25, 0.3) is 0 Å². The third kappa shape index (κ3) is 1.93. The fraction of sp³-hybridized carbons (Fsp3) is 0. The van der Waals surface area contributed by atoms with Crippen molar-refractivity contribution in [2.75, 3.05) is 0 Å². The Bertz CT molecular complexity index is 142. The fourth-order valence-electron chi connectivity index (χ4n) is 0.342. The van der Waals surface area contributed by atoms with Gasteiger partial charge in [-0.25, -0.2) is 4.98 Å². The number of nitrogens with zero attached hydrogens (tertiary/aromatic N) is 1. The molecule has 44 valence electrons. The van der Waals surface area contributed by atoms with Crippen molar-refractivity contribution in [3.63, 3.8) is 0 Å². The van der Waals surface area contributed by atoms with E-state index in [4.69, 9.17) is 0 Å². The van der Waals surface area contributed by atoms with Crippen molar-refractivity contribution in [3.05, 3.63) is 30.3 Å². The van der Waals surface area contributed by atoms with Crippen LogP contribution in [-0.2, 0) is 0 Å². The number of halogens is 1. The van der Waals surface area contributed by atoms with Gasteiger partial charge in [-0.1, -0.05) is 6.07 Å². The van der Waals surface area contributed by atoms with E-state index < -0.39 is 5.95 Å². The highest BCUT2D eigenvalue weighted by molar-refractivity contribution is 7.59. The molecular formula is C5H6FNS. The van der Waals surface area contributed by atoms with E-state index in [1.54, 1.807) is 12.1 Å². The van der Waals surface area contributed by atoms with Gasteiger partial charge in [0, 0.05) is 6.20 Å². The van der Waals surface area contributed by atoms with E-state index in [0.29, 0.717) is 0 Å². The quantitative estimate of drug-likeness (QED) is 0.484. The average Bonchev–Trinajstić information content (AvgIpc) is 1.69. The lowest BCUT2D eigenvalue weighted by Crippen LogP contribution is -1.73. The van der Waals surface area contributed by atoms with E-state index in [9.17, 15) is 4.39 Å². The number of hydrogen-bond donors (Lipinski definition) is 0. The Morgan fingerprint density at radius 1 is 1.38 bits per heavy atom. The average molecular weight is 131 g/mol. The lowest BCUT2D eigenvalue weighted by Gasteiger charge is -1.78. The second-order valence-electron chi connectivity index (χ2n) is 1.15. The second kappa shape index (κ2) is 3.43. The van der Waals surface area contributed by atoms with Gasteiger partial charge in [0.05, 0.1) is 0 Å². The minimum absolute atomic E-state index is 0. The van der Waals surface area contributed by atoms with Gasteiger partial charge in [-0.15, -0.1) is 0 Å². The Balaban J connectivity index is 0.000000490. The van der Waals surface area contributed by atoms with Crippen LogP contribution in [-0.4, -0.2) is 4.98 Å². The summed E-state index contributed by atoms with van der Waals surface area (Å²) in [5.74, 6) is -0.428. The first kappa shape index (κ1) is 7.43.